The van der Waals surface area contributed by atoms with Crippen LogP contribution in [0.15, 0.2) is 40.0 Å². The molecule has 0 aliphatic carbocycles. The van der Waals surface area contributed by atoms with Gasteiger partial charge in [0.05, 0.1) is 44.8 Å². The van der Waals surface area contributed by atoms with Crippen LogP contribution in [0.2, 0.25) is 0 Å². The number of aromatic amines is 1. The Morgan fingerprint density at radius 3 is 2.53 bits per heavy atom. The van der Waals surface area contributed by atoms with Crippen molar-refractivity contribution in [1.82, 2.24) is 19.1 Å². The van der Waals surface area contributed by atoms with Gasteiger partial charge in [-0.2, -0.15) is 5.10 Å². The van der Waals surface area contributed by atoms with Gasteiger partial charge in [-0.05, 0) is 37.6 Å². The molecular formula is C21H24N4O7S2. The molecule has 1 saturated heterocycles. The summed E-state index contributed by atoms with van der Waals surface area (Å²) in [6.07, 6.45) is 0.402. The highest BCUT2D eigenvalue weighted by Gasteiger charge is 2.31. The van der Waals surface area contributed by atoms with Crippen molar-refractivity contribution in [3.63, 3.8) is 0 Å². The number of ether oxygens (including phenoxy) is 1. The Labute approximate surface area is 196 Å². The van der Waals surface area contributed by atoms with Crippen molar-refractivity contribution in [1.29, 1.82) is 0 Å². The number of carbonyl (C=O) groups is 1. The van der Waals surface area contributed by atoms with Crippen LogP contribution in [0.3, 0.4) is 0 Å². The molecule has 1 aromatic carbocycles. The molecule has 0 unspecified atom stereocenters. The van der Waals surface area contributed by atoms with Crippen LogP contribution in [0.5, 0.6) is 0 Å². The highest BCUT2D eigenvalue weighted by atomic mass is 32.2. The number of nitrogens with zero attached hydrogens (tertiary/aromatic N) is 3. The fourth-order valence-corrected chi connectivity index (χ4v) is 6.49. The molecule has 1 N–H and O–H groups in total. The number of benzene rings is 1. The van der Waals surface area contributed by atoms with Crippen molar-refractivity contribution in [2.45, 2.75) is 30.9 Å². The maximum absolute atomic E-state index is 12.7. The third-order valence-electron chi connectivity index (χ3n) is 5.70. The number of H-pyrrole nitrogens is 1. The number of rotatable bonds is 6. The first-order chi connectivity index (χ1) is 15.9. The van der Waals surface area contributed by atoms with E-state index in [-0.39, 0.29) is 40.0 Å². The summed E-state index contributed by atoms with van der Waals surface area (Å²) >= 11 is 0. The number of hydrogen-bond donors (Lipinski definition) is 1. The minimum Gasteiger partial charge on any atom is -0.456 e. The van der Waals surface area contributed by atoms with Gasteiger partial charge in [0.2, 0.25) is 10.0 Å². The molecule has 1 fully saturated rings. The van der Waals surface area contributed by atoms with E-state index in [9.17, 15) is 26.4 Å². The van der Waals surface area contributed by atoms with Crippen LogP contribution in [0.1, 0.15) is 34.2 Å². The summed E-state index contributed by atoms with van der Waals surface area (Å²) < 4.78 is 56.0. The van der Waals surface area contributed by atoms with Crippen molar-refractivity contribution < 1.29 is 26.4 Å². The number of nitrogens with one attached hydrogen (secondary N) is 1. The first-order valence-electron chi connectivity index (χ1n) is 10.4. The molecule has 0 bridgehead atoms. The molecule has 3 heterocycles. The molecule has 11 nitrogen and oxygen atoms in total. The lowest BCUT2D eigenvalue weighted by Crippen LogP contribution is -2.22. The van der Waals surface area contributed by atoms with E-state index >= 15 is 0 Å². The van der Waals surface area contributed by atoms with E-state index in [2.05, 4.69) is 10.1 Å². The highest BCUT2D eigenvalue weighted by molar-refractivity contribution is 7.91. The third-order valence-corrected chi connectivity index (χ3v) is 9.28. The Kier molecular flexibility index (Phi) is 6.12. The number of pyridine rings is 1. The minimum absolute atomic E-state index is 0.0430. The zero-order chi connectivity index (χ0) is 24.8. The molecule has 34 heavy (non-hydrogen) atoms. The van der Waals surface area contributed by atoms with Crippen LogP contribution in [0.25, 0.3) is 11.0 Å². The summed E-state index contributed by atoms with van der Waals surface area (Å²) in [7, 11) is -3.95. The van der Waals surface area contributed by atoms with Gasteiger partial charge in [0.15, 0.2) is 15.3 Å². The lowest BCUT2D eigenvalue weighted by atomic mass is 10.2. The lowest BCUT2D eigenvalue weighted by Gasteiger charge is -2.12. The molecule has 13 heteroatoms. The molecule has 0 spiro atoms. The second kappa shape index (κ2) is 8.64. The van der Waals surface area contributed by atoms with E-state index < -0.39 is 25.8 Å². The average Bonchev–Trinajstić information content (AvgIpc) is 3.30. The summed E-state index contributed by atoms with van der Waals surface area (Å²) in [5.41, 5.74) is 1.02. The molecule has 182 valence electrons. The van der Waals surface area contributed by atoms with Gasteiger partial charge in [0, 0.05) is 20.2 Å². The van der Waals surface area contributed by atoms with Gasteiger partial charge < -0.3 is 9.72 Å². The zero-order valence-corrected chi connectivity index (χ0v) is 20.4. The topological polar surface area (TPSA) is 148 Å². The van der Waals surface area contributed by atoms with Crippen LogP contribution in [-0.4, -0.2) is 67.5 Å². The Morgan fingerprint density at radius 2 is 1.94 bits per heavy atom. The summed E-state index contributed by atoms with van der Waals surface area (Å²) in [6.45, 7) is 1.44. The van der Waals surface area contributed by atoms with Gasteiger partial charge in [-0.1, -0.05) is 0 Å². The predicted octanol–water partition coefficient (Wildman–Crippen LogP) is 1.000. The van der Waals surface area contributed by atoms with Gasteiger partial charge in [0.1, 0.15) is 12.3 Å². The molecule has 0 saturated carbocycles. The molecule has 1 atom stereocenters. The Hall–Kier alpha value is -3.03. The van der Waals surface area contributed by atoms with Gasteiger partial charge in [-0.3, -0.25) is 4.79 Å². The first-order valence-corrected chi connectivity index (χ1v) is 13.7. The van der Waals surface area contributed by atoms with E-state index in [4.69, 9.17) is 4.74 Å². The second-order valence-corrected chi connectivity index (χ2v) is 12.7. The second-order valence-electron chi connectivity index (χ2n) is 8.36. The fraction of sp³-hybridized carbons (Fsp3) is 0.381. The summed E-state index contributed by atoms with van der Waals surface area (Å²) in [5, 5.41) is 4.74. The fourth-order valence-electron chi connectivity index (χ4n) is 3.89. The summed E-state index contributed by atoms with van der Waals surface area (Å²) in [4.78, 5) is 28.2. The van der Waals surface area contributed by atoms with Crippen molar-refractivity contribution in [3.05, 3.63) is 57.5 Å². The third kappa shape index (κ3) is 4.50. The Balaban J connectivity index is 1.55. The number of sulfone groups is 1. The van der Waals surface area contributed by atoms with E-state index in [0.29, 0.717) is 28.8 Å². The Morgan fingerprint density at radius 1 is 1.26 bits per heavy atom. The van der Waals surface area contributed by atoms with Crippen molar-refractivity contribution in [2.75, 3.05) is 25.6 Å². The van der Waals surface area contributed by atoms with Gasteiger partial charge in [-0.15, -0.1) is 0 Å². The van der Waals surface area contributed by atoms with Crippen LogP contribution < -0.4 is 5.43 Å². The molecule has 4 rings (SSSR count). The van der Waals surface area contributed by atoms with E-state index in [1.54, 1.807) is 6.92 Å². The van der Waals surface area contributed by atoms with Crippen LogP contribution in [0.4, 0.5) is 0 Å². The van der Waals surface area contributed by atoms with Crippen molar-refractivity contribution in [2.24, 2.45) is 0 Å². The number of aromatic nitrogens is 3. The predicted molar refractivity (Wildman–Crippen MR) is 124 cm³/mol. The normalized spacial score (nSPS) is 17.9. The largest absolute Gasteiger partial charge is 0.456 e. The molecule has 0 radical (unpaired) electrons. The monoisotopic (exact) mass is 508 g/mol. The number of hydrogen-bond acceptors (Lipinski definition) is 8. The summed E-state index contributed by atoms with van der Waals surface area (Å²) in [5.74, 6) is -0.681. The van der Waals surface area contributed by atoms with Gasteiger partial charge in [0.25, 0.3) is 0 Å². The molecule has 1 aliphatic heterocycles. The molecule has 1 aliphatic rings. The number of fused-ring (bicyclic) bond motifs is 1. The Bertz CT molecular complexity index is 1540. The number of carbonyl (C=O) groups excluding carboxylic acids is 1. The standard InChI is InChI=1S/C21H24N4O7S2/c1-13-19-18(26)10-15(22-20(19)25(23-13)16-8-9-33(28,29)12-16)11-32-21(27)14-4-6-17(7-5-14)34(30,31)24(2)3/h4-7,10,16H,8-9,11-12H2,1-3H3,(H,22,26)/t16-/m0/s1. The highest BCUT2D eigenvalue weighted by Crippen LogP contribution is 2.27. The maximum atomic E-state index is 12.7. The number of esters is 1. The van der Waals surface area contributed by atoms with Gasteiger partial charge >= 0.3 is 5.97 Å². The lowest BCUT2D eigenvalue weighted by molar-refractivity contribution is 0.0467. The van der Waals surface area contributed by atoms with Crippen LogP contribution in [0, 0.1) is 6.92 Å². The summed E-state index contributed by atoms with van der Waals surface area (Å²) in [6, 6.07) is 6.26. The zero-order valence-electron chi connectivity index (χ0n) is 18.8. The molecular weight excluding hydrogens is 484 g/mol. The first kappa shape index (κ1) is 24.1. The van der Waals surface area contributed by atoms with E-state index in [1.807, 2.05) is 0 Å². The van der Waals surface area contributed by atoms with Crippen LogP contribution >= 0.6 is 0 Å². The number of aryl methyl sites for hydroxylation is 1. The van der Waals surface area contributed by atoms with Crippen LogP contribution in [-0.2, 0) is 31.2 Å². The van der Waals surface area contributed by atoms with Crippen molar-refractivity contribution >= 4 is 36.9 Å². The average molecular weight is 509 g/mol. The maximum Gasteiger partial charge on any atom is 0.338 e. The quantitative estimate of drug-likeness (QED) is 0.485. The molecule has 0 amide bonds. The smallest absolute Gasteiger partial charge is 0.338 e. The SMILES string of the molecule is Cc1nn([C@H]2CCS(=O)(=O)C2)c2[nH]c(COC(=O)c3ccc(S(=O)(=O)N(C)C)cc3)cc(=O)c12. The van der Waals surface area contributed by atoms with Gasteiger partial charge in [-0.25, -0.2) is 30.6 Å². The van der Waals surface area contributed by atoms with E-state index in [0.717, 1.165) is 4.31 Å². The van der Waals surface area contributed by atoms with Crippen molar-refractivity contribution in [3.8, 4) is 0 Å². The molecule has 2 aromatic heterocycles. The molecule has 3 aromatic rings. The number of sulfonamides is 1. The minimum atomic E-state index is -3.62. The van der Waals surface area contributed by atoms with E-state index in [1.165, 1.54) is 49.1 Å².